The molecule has 1 aromatic carbocycles. The molecule has 4 N–H and O–H groups in total. The van der Waals surface area contributed by atoms with E-state index >= 15 is 0 Å². The first-order valence-electron chi connectivity index (χ1n) is 9.72. The third-order valence-electron chi connectivity index (χ3n) is 4.32. The van der Waals surface area contributed by atoms with Gasteiger partial charge in [0.1, 0.15) is 27.7 Å². The number of amides is 3. The summed E-state index contributed by atoms with van der Waals surface area (Å²) < 4.78 is 35.9. The van der Waals surface area contributed by atoms with E-state index in [0.717, 1.165) is 13.2 Å². The molecule has 0 heterocycles. The third-order valence-corrected chi connectivity index (χ3v) is 5.30. The van der Waals surface area contributed by atoms with E-state index in [2.05, 4.69) is 16.0 Å². The Morgan fingerprint density at radius 2 is 1.62 bits per heavy atom. The highest BCUT2D eigenvalue weighted by molar-refractivity contribution is 7.90. The average molecular weight is 471 g/mol. The van der Waals surface area contributed by atoms with Crippen LogP contribution in [0, 0.1) is 11.2 Å². The second-order valence-corrected chi connectivity index (χ2v) is 9.49. The summed E-state index contributed by atoms with van der Waals surface area (Å²) in [5, 5.41) is 14.3. The lowest BCUT2D eigenvalue weighted by Crippen LogP contribution is -2.53. The first-order valence-corrected chi connectivity index (χ1v) is 11.8. The fourth-order valence-electron chi connectivity index (χ4n) is 2.66. The molecular weight excluding hydrogens is 443 g/mol. The molecule has 32 heavy (non-hydrogen) atoms. The lowest BCUT2D eigenvalue weighted by Gasteiger charge is -2.22. The van der Waals surface area contributed by atoms with Crippen molar-refractivity contribution in [1.82, 2.24) is 16.0 Å². The molecule has 0 unspecified atom stereocenters. The number of nitrogens with one attached hydrogen (secondary N) is 4. The molecule has 0 aromatic heterocycles. The summed E-state index contributed by atoms with van der Waals surface area (Å²) in [6.07, 6.45) is 1.08. The van der Waals surface area contributed by atoms with Crippen molar-refractivity contribution in [1.29, 1.82) is 5.41 Å². The first-order chi connectivity index (χ1) is 14.9. The number of carbonyl (C=O) groups excluding carboxylic acids is 4. The summed E-state index contributed by atoms with van der Waals surface area (Å²) in [5.74, 6) is -3.33. The smallest absolute Gasteiger partial charge is 0.243 e. The zero-order valence-corrected chi connectivity index (χ0v) is 18.6. The minimum Gasteiger partial charge on any atom is -0.350 e. The summed E-state index contributed by atoms with van der Waals surface area (Å²) in [6.45, 7) is 1.20. The van der Waals surface area contributed by atoms with Crippen molar-refractivity contribution in [2.45, 2.75) is 44.8 Å². The van der Waals surface area contributed by atoms with Crippen LogP contribution in [-0.4, -0.2) is 62.2 Å². The SMILES string of the molecule is CC(=O)N[C@@H](CCS(C)(=O)=O)C(=O)N[C@@H](CCC(=O)C=N)C(=O)NCc1ccc(F)cc1. The van der Waals surface area contributed by atoms with Crippen LogP contribution in [0.4, 0.5) is 4.39 Å². The molecule has 0 aliphatic rings. The lowest BCUT2D eigenvalue weighted by atomic mass is 10.1. The van der Waals surface area contributed by atoms with Crippen LogP contribution in [0.3, 0.4) is 0 Å². The Morgan fingerprint density at radius 3 is 2.16 bits per heavy atom. The Morgan fingerprint density at radius 1 is 1.03 bits per heavy atom. The Kier molecular flexibility index (Phi) is 10.6. The Hall–Kier alpha value is -3.15. The third kappa shape index (κ3) is 10.8. The molecule has 0 aliphatic heterocycles. The second-order valence-electron chi connectivity index (χ2n) is 7.23. The number of ketones is 1. The Balaban J connectivity index is 2.90. The van der Waals surface area contributed by atoms with Gasteiger partial charge in [-0.3, -0.25) is 19.2 Å². The van der Waals surface area contributed by atoms with Gasteiger partial charge in [0, 0.05) is 26.1 Å². The van der Waals surface area contributed by atoms with Gasteiger partial charge in [-0.25, -0.2) is 12.8 Å². The van der Waals surface area contributed by atoms with E-state index in [9.17, 15) is 32.0 Å². The molecule has 0 spiro atoms. The predicted molar refractivity (Wildman–Crippen MR) is 115 cm³/mol. The van der Waals surface area contributed by atoms with Crippen LogP contribution in [0.15, 0.2) is 24.3 Å². The summed E-state index contributed by atoms with van der Waals surface area (Å²) in [6, 6.07) is 3.01. The van der Waals surface area contributed by atoms with E-state index in [1.54, 1.807) is 0 Å². The predicted octanol–water partition coefficient (Wildman–Crippen LogP) is -0.135. The van der Waals surface area contributed by atoms with Crippen molar-refractivity contribution in [2.24, 2.45) is 0 Å². The summed E-state index contributed by atoms with van der Waals surface area (Å²) in [7, 11) is -3.41. The van der Waals surface area contributed by atoms with Gasteiger partial charge in [-0.2, -0.15) is 0 Å². The van der Waals surface area contributed by atoms with Gasteiger partial charge in [0.05, 0.1) is 12.0 Å². The number of hydrogen-bond acceptors (Lipinski definition) is 7. The Labute approximate surface area is 185 Å². The van der Waals surface area contributed by atoms with E-state index in [4.69, 9.17) is 5.41 Å². The maximum Gasteiger partial charge on any atom is 0.243 e. The van der Waals surface area contributed by atoms with Crippen LogP contribution in [0.2, 0.25) is 0 Å². The molecule has 1 rings (SSSR count). The Bertz CT molecular complexity index is 949. The van der Waals surface area contributed by atoms with Crippen molar-refractivity contribution in [3.63, 3.8) is 0 Å². The minimum atomic E-state index is -3.41. The molecule has 0 saturated heterocycles. The van der Waals surface area contributed by atoms with Crippen LogP contribution in [0.1, 0.15) is 31.7 Å². The molecule has 0 saturated carbocycles. The second kappa shape index (κ2) is 12.6. The van der Waals surface area contributed by atoms with Crippen molar-refractivity contribution >= 4 is 39.6 Å². The topological polar surface area (TPSA) is 162 Å². The van der Waals surface area contributed by atoms with E-state index in [1.807, 2.05) is 0 Å². The summed E-state index contributed by atoms with van der Waals surface area (Å²) in [4.78, 5) is 48.2. The molecule has 2 atom stereocenters. The normalized spacial score (nSPS) is 12.8. The zero-order chi connectivity index (χ0) is 24.3. The molecule has 1 aromatic rings. The van der Waals surface area contributed by atoms with Crippen molar-refractivity contribution in [3.05, 3.63) is 35.6 Å². The molecule has 176 valence electrons. The minimum absolute atomic E-state index is 0.0349. The molecule has 0 aliphatic carbocycles. The molecule has 0 fully saturated rings. The van der Waals surface area contributed by atoms with Crippen LogP contribution >= 0.6 is 0 Å². The number of hydrogen-bond donors (Lipinski definition) is 4. The molecule has 0 bridgehead atoms. The summed E-state index contributed by atoms with van der Waals surface area (Å²) in [5.41, 5.74) is 0.602. The standard InChI is InChI=1S/C20H27FN4O6S/c1-13(26)24-18(9-10-32(2,30)31)20(29)25-17(8-7-16(27)11-22)19(28)23-12-14-3-5-15(21)6-4-14/h3-6,11,17-18,22H,7-10,12H2,1-2H3,(H,23,28)(H,24,26)(H,25,29)/t17-,18-/m0/s1. The largest absolute Gasteiger partial charge is 0.350 e. The maximum atomic E-state index is 13.0. The van der Waals surface area contributed by atoms with Crippen LogP contribution in [-0.2, 0) is 35.6 Å². The molecule has 0 radical (unpaired) electrons. The highest BCUT2D eigenvalue weighted by atomic mass is 32.2. The maximum absolute atomic E-state index is 13.0. The van der Waals surface area contributed by atoms with E-state index in [-0.39, 0.29) is 31.6 Å². The van der Waals surface area contributed by atoms with Crippen molar-refractivity contribution < 1.29 is 32.0 Å². The van der Waals surface area contributed by atoms with Gasteiger partial charge in [-0.15, -0.1) is 0 Å². The van der Waals surface area contributed by atoms with Crippen molar-refractivity contribution in [2.75, 3.05) is 12.0 Å². The van der Waals surface area contributed by atoms with Gasteiger partial charge >= 0.3 is 0 Å². The highest BCUT2D eigenvalue weighted by Crippen LogP contribution is 2.05. The number of carbonyl (C=O) groups is 4. The lowest BCUT2D eigenvalue weighted by molar-refractivity contribution is -0.132. The quantitative estimate of drug-likeness (QED) is 0.293. The van der Waals surface area contributed by atoms with Gasteiger partial charge in [0.15, 0.2) is 5.78 Å². The first kappa shape index (κ1) is 26.9. The van der Waals surface area contributed by atoms with Gasteiger partial charge in [-0.05, 0) is 30.5 Å². The number of Topliss-reactive ketones (excluding diaryl/α,β-unsaturated/α-hetero) is 1. The van der Waals surface area contributed by atoms with Crippen LogP contribution in [0.25, 0.3) is 0 Å². The van der Waals surface area contributed by atoms with Crippen LogP contribution < -0.4 is 16.0 Å². The summed E-state index contributed by atoms with van der Waals surface area (Å²) >= 11 is 0. The molecule has 3 amide bonds. The fourth-order valence-corrected chi connectivity index (χ4v) is 3.32. The van der Waals surface area contributed by atoms with Crippen molar-refractivity contribution in [3.8, 4) is 0 Å². The van der Waals surface area contributed by atoms with Gasteiger partial charge < -0.3 is 21.4 Å². The van der Waals surface area contributed by atoms with E-state index in [0.29, 0.717) is 11.8 Å². The zero-order valence-electron chi connectivity index (χ0n) is 17.8. The monoisotopic (exact) mass is 470 g/mol. The number of rotatable bonds is 13. The van der Waals surface area contributed by atoms with E-state index in [1.165, 1.54) is 24.3 Å². The molecule has 10 nitrogen and oxygen atoms in total. The molecule has 12 heteroatoms. The molecular formula is C20H27FN4O6S. The van der Waals surface area contributed by atoms with Gasteiger partial charge in [-0.1, -0.05) is 12.1 Å². The number of sulfone groups is 1. The fraction of sp³-hybridized carbons (Fsp3) is 0.450. The highest BCUT2D eigenvalue weighted by Gasteiger charge is 2.27. The van der Waals surface area contributed by atoms with E-state index < -0.39 is 51.2 Å². The number of benzene rings is 1. The average Bonchev–Trinajstić information content (AvgIpc) is 2.72. The van der Waals surface area contributed by atoms with Crippen LogP contribution in [0.5, 0.6) is 0 Å². The van der Waals surface area contributed by atoms with Gasteiger partial charge in [0.25, 0.3) is 0 Å². The van der Waals surface area contributed by atoms with Gasteiger partial charge in [0.2, 0.25) is 17.7 Å². The number of halogens is 1.